The van der Waals surface area contributed by atoms with Gasteiger partial charge in [0.2, 0.25) is 0 Å². The Morgan fingerprint density at radius 1 is 1.42 bits per heavy atom. The second kappa shape index (κ2) is 11.2. The van der Waals surface area contributed by atoms with E-state index in [2.05, 4.69) is 5.32 Å². The van der Waals surface area contributed by atoms with Crippen molar-refractivity contribution in [2.24, 2.45) is 0 Å². The third-order valence-electron chi connectivity index (χ3n) is 4.60. The van der Waals surface area contributed by atoms with Gasteiger partial charge in [0.15, 0.2) is 11.6 Å². The van der Waals surface area contributed by atoms with Crippen molar-refractivity contribution in [3.8, 4) is 0 Å². The lowest BCUT2D eigenvalue weighted by Gasteiger charge is -2.26. The molecule has 0 spiro atoms. The lowest BCUT2D eigenvalue weighted by Crippen LogP contribution is -2.35. The average Bonchev–Trinajstić information content (AvgIpc) is 3.10. The maximum atomic E-state index is 14.8. The molecular formula is C19H26F2N4O5S. The molecule has 1 heterocycles. The number of nitrogens with zero attached hydrogens (tertiary/aromatic N) is 3. The van der Waals surface area contributed by atoms with Gasteiger partial charge in [-0.2, -0.15) is 0 Å². The molecule has 1 aliphatic heterocycles. The van der Waals surface area contributed by atoms with Crippen LogP contribution in [0.2, 0.25) is 0 Å². The summed E-state index contributed by atoms with van der Waals surface area (Å²) in [5, 5.41) is 12.5. The van der Waals surface area contributed by atoms with Crippen molar-refractivity contribution < 1.29 is 33.1 Å². The number of carbonyl (C=O) groups excluding carboxylic acids is 2. The first-order chi connectivity index (χ1) is 14.7. The number of thiocarbonyl (C=S) groups is 1. The minimum atomic E-state index is -0.847. The zero-order chi connectivity index (χ0) is 23.1. The van der Waals surface area contributed by atoms with Gasteiger partial charge in [-0.1, -0.05) is 12.2 Å². The first kappa shape index (κ1) is 24.7. The highest BCUT2D eigenvalue weighted by Gasteiger charge is 2.33. The Morgan fingerprint density at radius 2 is 2.06 bits per heavy atom. The molecule has 0 unspecified atom stereocenters. The van der Waals surface area contributed by atoms with Gasteiger partial charge in [0.25, 0.3) is 5.91 Å². The predicted octanol–water partition coefficient (Wildman–Crippen LogP) is 1.44. The van der Waals surface area contributed by atoms with Crippen molar-refractivity contribution in [2.45, 2.75) is 20.0 Å². The number of hydrogen-bond donors (Lipinski definition) is 2. The smallest absolute Gasteiger partial charge is 0.414 e. The first-order valence-corrected chi connectivity index (χ1v) is 10.1. The summed E-state index contributed by atoms with van der Waals surface area (Å²) in [7, 11) is 1.33. The maximum absolute atomic E-state index is 14.8. The monoisotopic (exact) mass is 460 g/mol. The highest BCUT2D eigenvalue weighted by Crippen LogP contribution is 2.31. The van der Waals surface area contributed by atoms with E-state index in [-0.39, 0.29) is 37.6 Å². The molecule has 172 valence electrons. The van der Waals surface area contributed by atoms with Crippen LogP contribution in [0.25, 0.3) is 0 Å². The number of halogens is 2. The third-order valence-corrected chi connectivity index (χ3v) is 4.74. The van der Waals surface area contributed by atoms with Crippen molar-refractivity contribution in [1.82, 2.24) is 10.4 Å². The van der Waals surface area contributed by atoms with Crippen LogP contribution in [0.3, 0.4) is 0 Å². The Kier molecular flexibility index (Phi) is 8.89. The van der Waals surface area contributed by atoms with E-state index in [9.17, 15) is 18.4 Å². The SMILES string of the molecule is CCN(CCON(C)C(=O)CO)c1c(F)cc(N2C[C@H](CNC(C)=S)OC2=O)cc1F. The van der Waals surface area contributed by atoms with Crippen LogP contribution in [0.1, 0.15) is 13.8 Å². The summed E-state index contributed by atoms with van der Waals surface area (Å²) in [6, 6.07) is 2.15. The standard InChI is InChI=1S/C19H26F2N4O5S/c1-4-24(5-6-29-23(3)17(27)11-26)18-15(20)7-13(8-16(18)21)25-10-14(30-19(25)28)9-22-12(2)31/h7-8,14,26H,4-6,9-11H2,1-3H3,(H,22,31)/t14-/m0/s1. The molecule has 1 saturated heterocycles. The highest BCUT2D eigenvalue weighted by molar-refractivity contribution is 7.80. The van der Waals surface area contributed by atoms with Gasteiger partial charge < -0.3 is 20.1 Å². The molecule has 1 aromatic carbocycles. The summed E-state index contributed by atoms with van der Waals surface area (Å²) in [5.41, 5.74) is -0.223. The van der Waals surface area contributed by atoms with Gasteiger partial charge in [-0.15, -0.1) is 0 Å². The minimum Gasteiger partial charge on any atom is -0.442 e. The Bertz CT molecular complexity index is 805. The number of hydroxylamine groups is 2. The van der Waals surface area contributed by atoms with Crippen LogP contribution in [0.15, 0.2) is 12.1 Å². The number of likely N-dealkylation sites (N-methyl/N-ethyl adjacent to an activating group) is 2. The zero-order valence-electron chi connectivity index (χ0n) is 17.6. The van der Waals surface area contributed by atoms with E-state index in [1.165, 1.54) is 11.9 Å². The average molecular weight is 461 g/mol. The number of amides is 2. The summed E-state index contributed by atoms with van der Waals surface area (Å²) >= 11 is 4.92. The molecule has 0 aromatic heterocycles. The Morgan fingerprint density at radius 3 is 2.61 bits per heavy atom. The number of aliphatic hydroxyl groups excluding tert-OH is 1. The molecule has 0 bridgehead atoms. The molecular weight excluding hydrogens is 434 g/mol. The van der Waals surface area contributed by atoms with Gasteiger partial charge >= 0.3 is 6.09 Å². The Balaban J connectivity index is 2.09. The van der Waals surface area contributed by atoms with E-state index in [4.69, 9.17) is 26.9 Å². The molecule has 1 fully saturated rings. The predicted molar refractivity (Wildman–Crippen MR) is 114 cm³/mol. The molecule has 1 aromatic rings. The molecule has 1 atom stereocenters. The van der Waals surface area contributed by atoms with E-state index in [1.807, 2.05) is 0 Å². The van der Waals surface area contributed by atoms with Gasteiger partial charge in [-0.25, -0.2) is 18.6 Å². The fourth-order valence-electron chi connectivity index (χ4n) is 2.99. The molecule has 31 heavy (non-hydrogen) atoms. The number of rotatable bonds is 10. The van der Waals surface area contributed by atoms with E-state index >= 15 is 0 Å². The van der Waals surface area contributed by atoms with Gasteiger partial charge in [0, 0.05) is 32.3 Å². The van der Waals surface area contributed by atoms with Gasteiger partial charge in [-0.05, 0) is 13.8 Å². The molecule has 0 saturated carbocycles. The molecule has 9 nitrogen and oxygen atoms in total. The molecule has 2 rings (SSSR count). The van der Waals surface area contributed by atoms with Crippen molar-refractivity contribution in [3.63, 3.8) is 0 Å². The normalized spacial score (nSPS) is 15.6. The summed E-state index contributed by atoms with van der Waals surface area (Å²) in [5.74, 6) is -2.34. The number of benzene rings is 1. The number of carbonyl (C=O) groups is 2. The Labute approximate surface area is 184 Å². The van der Waals surface area contributed by atoms with Gasteiger partial charge in [-0.3, -0.25) is 14.5 Å². The van der Waals surface area contributed by atoms with Gasteiger partial charge in [0.05, 0.1) is 30.4 Å². The summed E-state index contributed by atoms with van der Waals surface area (Å²) in [6.45, 7) is 3.45. The van der Waals surface area contributed by atoms with Crippen LogP contribution in [0.5, 0.6) is 0 Å². The fraction of sp³-hybridized carbons (Fsp3) is 0.526. The van der Waals surface area contributed by atoms with E-state index < -0.39 is 36.3 Å². The van der Waals surface area contributed by atoms with Crippen molar-refractivity contribution in [3.05, 3.63) is 23.8 Å². The van der Waals surface area contributed by atoms with Crippen LogP contribution in [-0.4, -0.2) is 79.7 Å². The number of nitrogens with one attached hydrogen (secondary N) is 1. The number of anilines is 2. The molecule has 2 N–H and O–H groups in total. The summed E-state index contributed by atoms with van der Waals surface area (Å²) in [6.07, 6.45) is -1.20. The minimum absolute atomic E-state index is 0.0386. The molecule has 0 radical (unpaired) electrons. The van der Waals surface area contributed by atoms with Crippen LogP contribution in [0, 0.1) is 11.6 Å². The largest absolute Gasteiger partial charge is 0.442 e. The maximum Gasteiger partial charge on any atom is 0.414 e. The topological polar surface area (TPSA) is 94.6 Å². The zero-order valence-corrected chi connectivity index (χ0v) is 18.4. The summed E-state index contributed by atoms with van der Waals surface area (Å²) < 4.78 is 34.8. The van der Waals surface area contributed by atoms with Crippen LogP contribution < -0.4 is 15.1 Å². The number of ether oxygens (including phenoxy) is 1. The fourth-order valence-corrected chi connectivity index (χ4v) is 3.08. The summed E-state index contributed by atoms with van der Waals surface area (Å²) in [4.78, 5) is 31.7. The molecule has 0 aliphatic carbocycles. The lowest BCUT2D eigenvalue weighted by molar-refractivity contribution is -0.180. The molecule has 12 heteroatoms. The highest BCUT2D eigenvalue weighted by atomic mass is 32.1. The molecule has 1 aliphatic rings. The molecule has 2 amide bonds. The lowest BCUT2D eigenvalue weighted by atomic mass is 10.2. The third kappa shape index (κ3) is 6.45. The number of cyclic esters (lactones) is 1. The quantitative estimate of drug-likeness (QED) is 0.400. The second-order valence-corrected chi connectivity index (χ2v) is 7.39. The van der Waals surface area contributed by atoms with Crippen molar-refractivity contribution >= 4 is 40.6 Å². The van der Waals surface area contributed by atoms with E-state index in [0.717, 1.165) is 22.1 Å². The first-order valence-electron chi connectivity index (χ1n) is 9.64. The van der Waals surface area contributed by atoms with E-state index in [0.29, 0.717) is 11.5 Å². The van der Waals surface area contributed by atoms with Crippen LogP contribution in [-0.2, 0) is 14.4 Å². The van der Waals surface area contributed by atoms with Crippen LogP contribution in [0.4, 0.5) is 25.0 Å². The number of hydrogen-bond acceptors (Lipinski definition) is 7. The van der Waals surface area contributed by atoms with Crippen LogP contribution >= 0.6 is 12.2 Å². The van der Waals surface area contributed by atoms with Gasteiger partial charge in [0.1, 0.15) is 18.4 Å². The second-order valence-electron chi connectivity index (χ2n) is 6.77. The number of aliphatic hydroxyl groups is 1. The van der Waals surface area contributed by atoms with Crippen molar-refractivity contribution in [2.75, 3.05) is 56.2 Å². The Hall–Kier alpha value is -2.57. The van der Waals surface area contributed by atoms with E-state index in [1.54, 1.807) is 13.8 Å². The van der Waals surface area contributed by atoms with Crippen molar-refractivity contribution in [1.29, 1.82) is 0 Å².